The van der Waals surface area contributed by atoms with Crippen LogP contribution in [-0.4, -0.2) is 36.5 Å². The molecule has 0 aliphatic carbocycles. The van der Waals surface area contributed by atoms with Crippen molar-refractivity contribution in [2.24, 2.45) is 5.92 Å². The summed E-state index contributed by atoms with van der Waals surface area (Å²) in [6.45, 7) is 4.91. The van der Waals surface area contributed by atoms with E-state index in [0.29, 0.717) is 11.8 Å². The first-order chi connectivity index (χ1) is 10.7. The van der Waals surface area contributed by atoms with Gasteiger partial charge in [-0.25, -0.2) is 0 Å². The highest BCUT2D eigenvalue weighted by atomic mass is 35.5. The summed E-state index contributed by atoms with van der Waals surface area (Å²) >= 11 is 0. The number of aryl methyl sites for hydroxylation is 1. The number of amides is 1. The summed E-state index contributed by atoms with van der Waals surface area (Å²) in [6.07, 6.45) is 8.85. The van der Waals surface area contributed by atoms with Crippen LogP contribution < -0.4 is 5.32 Å². The lowest BCUT2D eigenvalue weighted by Crippen LogP contribution is -2.46. The summed E-state index contributed by atoms with van der Waals surface area (Å²) in [7, 11) is 0. The third kappa shape index (κ3) is 4.82. The first kappa shape index (κ1) is 18.0. The average Bonchev–Trinajstić information content (AvgIpc) is 3.09. The average molecular weight is 335 g/mol. The lowest BCUT2D eigenvalue weighted by Gasteiger charge is -2.32. The highest BCUT2D eigenvalue weighted by Crippen LogP contribution is 2.21. The minimum absolute atomic E-state index is 0. The van der Waals surface area contributed by atoms with Crippen molar-refractivity contribution < 1.29 is 4.79 Å². The lowest BCUT2D eigenvalue weighted by atomic mass is 9.95. The Morgan fingerprint density at radius 2 is 1.87 bits per heavy atom. The second kappa shape index (κ2) is 8.51. The fourth-order valence-electron chi connectivity index (χ4n) is 3.35. The van der Waals surface area contributed by atoms with Crippen LogP contribution in [0.2, 0.25) is 0 Å². The summed E-state index contributed by atoms with van der Waals surface area (Å²) in [5, 5.41) is 3.31. The van der Waals surface area contributed by atoms with Crippen molar-refractivity contribution in [2.45, 2.75) is 38.6 Å². The van der Waals surface area contributed by atoms with Crippen LogP contribution in [0.1, 0.15) is 36.8 Å². The van der Waals surface area contributed by atoms with E-state index in [0.717, 1.165) is 45.3 Å². The number of carbonyl (C=O) groups excluding carboxylic acids is 1. The van der Waals surface area contributed by atoms with Crippen molar-refractivity contribution >= 4 is 24.4 Å². The van der Waals surface area contributed by atoms with E-state index < -0.39 is 0 Å². The number of benzene rings is 1. The van der Waals surface area contributed by atoms with Gasteiger partial charge in [0.25, 0.3) is 0 Å². The molecule has 23 heavy (non-hydrogen) atoms. The zero-order valence-electron chi connectivity index (χ0n) is 13.8. The molecule has 1 aromatic rings. The van der Waals surface area contributed by atoms with Crippen molar-refractivity contribution in [2.75, 3.05) is 19.6 Å². The molecule has 2 saturated heterocycles. The van der Waals surface area contributed by atoms with Crippen LogP contribution >= 0.6 is 12.4 Å². The molecular formula is C19H27ClN2O. The molecule has 1 N–H and O–H groups in total. The number of hydrogen-bond donors (Lipinski definition) is 1. The Bertz CT molecular complexity index is 527. The molecule has 126 valence electrons. The molecule has 0 bridgehead atoms. The van der Waals surface area contributed by atoms with E-state index in [1.165, 1.54) is 11.1 Å². The molecule has 0 unspecified atom stereocenters. The van der Waals surface area contributed by atoms with Crippen LogP contribution in [0.3, 0.4) is 0 Å². The maximum Gasteiger partial charge on any atom is 0.239 e. The Kier molecular flexibility index (Phi) is 6.67. The third-order valence-electron chi connectivity index (χ3n) is 4.85. The molecule has 0 saturated carbocycles. The Balaban J connectivity index is 0.00000192. The summed E-state index contributed by atoms with van der Waals surface area (Å²) in [4.78, 5) is 14.4. The van der Waals surface area contributed by atoms with E-state index in [2.05, 4.69) is 53.6 Å². The summed E-state index contributed by atoms with van der Waals surface area (Å²) in [5.74, 6) is 0.917. The molecule has 2 aliphatic rings. The Morgan fingerprint density at radius 1 is 1.17 bits per heavy atom. The summed E-state index contributed by atoms with van der Waals surface area (Å²) in [5.41, 5.74) is 2.56. The van der Waals surface area contributed by atoms with Crippen molar-refractivity contribution in [3.63, 3.8) is 0 Å². The number of allylic oxidation sites excluding steroid dienone is 1. The predicted octanol–water partition coefficient (Wildman–Crippen LogP) is 3.42. The van der Waals surface area contributed by atoms with Gasteiger partial charge >= 0.3 is 0 Å². The van der Waals surface area contributed by atoms with Gasteiger partial charge in [0.1, 0.15) is 0 Å². The van der Waals surface area contributed by atoms with Gasteiger partial charge in [-0.1, -0.05) is 42.0 Å². The van der Waals surface area contributed by atoms with Gasteiger partial charge in [-0.05, 0) is 50.6 Å². The van der Waals surface area contributed by atoms with E-state index in [1.54, 1.807) is 0 Å². The highest BCUT2D eigenvalue weighted by Gasteiger charge is 2.29. The number of nitrogens with one attached hydrogen (secondary N) is 1. The molecule has 2 aliphatic heterocycles. The van der Waals surface area contributed by atoms with Crippen molar-refractivity contribution in [1.82, 2.24) is 10.2 Å². The fraction of sp³-hybridized carbons (Fsp3) is 0.526. The molecule has 2 heterocycles. The Hall–Kier alpha value is -1.32. The molecular weight excluding hydrogens is 308 g/mol. The van der Waals surface area contributed by atoms with Crippen molar-refractivity contribution in [3.8, 4) is 0 Å². The number of piperidine rings is 1. The Morgan fingerprint density at radius 3 is 2.48 bits per heavy atom. The second-order valence-electron chi connectivity index (χ2n) is 6.58. The number of likely N-dealkylation sites (tertiary alicyclic amines) is 1. The van der Waals surface area contributed by atoms with Crippen LogP contribution in [0.15, 0.2) is 30.3 Å². The van der Waals surface area contributed by atoms with E-state index in [4.69, 9.17) is 0 Å². The topological polar surface area (TPSA) is 32.3 Å². The van der Waals surface area contributed by atoms with E-state index in [-0.39, 0.29) is 18.4 Å². The van der Waals surface area contributed by atoms with E-state index in [9.17, 15) is 4.79 Å². The van der Waals surface area contributed by atoms with Crippen LogP contribution in [0.4, 0.5) is 0 Å². The standard InChI is InChI=1S/C19H26N2O.ClH/c1-15-4-6-16(7-5-15)8-9-17-10-13-21(14-11-17)19(22)18-3-2-12-20-18;/h4-9,17-18,20H,2-3,10-14H2,1H3;1H/b9-8+;/t18-;/m0./s1. The maximum atomic E-state index is 12.4. The number of rotatable bonds is 3. The smallest absolute Gasteiger partial charge is 0.239 e. The van der Waals surface area contributed by atoms with Gasteiger partial charge in [-0.3, -0.25) is 4.79 Å². The molecule has 1 atom stereocenters. The molecule has 3 rings (SSSR count). The van der Waals surface area contributed by atoms with Gasteiger partial charge < -0.3 is 10.2 Å². The normalized spacial score (nSPS) is 22.3. The first-order valence-corrected chi connectivity index (χ1v) is 8.49. The third-order valence-corrected chi connectivity index (χ3v) is 4.85. The monoisotopic (exact) mass is 334 g/mol. The zero-order valence-corrected chi connectivity index (χ0v) is 14.6. The lowest BCUT2D eigenvalue weighted by molar-refractivity contribution is -0.134. The maximum absolute atomic E-state index is 12.4. The van der Waals surface area contributed by atoms with Gasteiger partial charge in [-0.2, -0.15) is 0 Å². The largest absolute Gasteiger partial charge is 0.341 e. The molecule has 0 spiro atoms. The second-order valence-corrected chi connectivity index (χ2v) is 6.58. The van der Waals surface area contributed by atoms with Gasteiger partial charge in [0, 0.05) is 13.1 Å². The number of halogens is 1. The molecule has 1 aromatic carbocycles. The van der Waals surface area contributed by atoms with Crippen LogP contribution in [0, 0.1) is 12.8 Å². The molecule has 3 nitrogen and oxygen atoms in total. The molecule has 1 amide bonds. The van der Waals surface area contributed by atoms with E-state index >= 15 is 0 Å². The summed E-state index contributed by atoms with van der Waals surface area (Å²) in [6, 6.07) is 8.71. The molecule has 0 aromatic heterocycles. The SMILES string of the molecule is Cc1ccc(/C=C/C2CCN(C(=O)[C@@H]3CCCN3)CC2)cc1.Cl. The van der Waals surface area contributed by atoms with Crippen molar-refractivity contribution in [1.29, 1.82) is 0 Å². The molecule has 0 radical (unpaired) electrons. The van der Waals surface area contributed by atoms with Gasteiger partial charge in [0.2, 0.25) is 5.91 Å². The van der Waals surface area contributed by atoms with Crippen LogP contribution in [0.25, 0.3) is 6.08 Å². The first-order valence-electron chi connectivity index (χ1n) is 8.49. The Labute approximate surface area is 145 Å². The quantitative estimate of drug-likeness (QED) is 0.918. The van der Waals surface area contributed by atoms with E-state index in [1.807, 2.05) is 0 Å². The minimum Gasteiger partial charge on any atom is -0.341 e. The molecule has 4 heteroatoms. The van der Waals surface area contributed by atoms with Gasteiger partial charge in [0.15, 0.2) is 0 Å². The minimum atomic E-state index is 0. The number of hydrogen-bond acceptors (Lipinski definition) is 2. The zero-order chi connectivity index (χ0) is 15.4. The van der Waals surface area contributed by atoms with Crippen LogP contribution in [0.5, 0.6) is 0 Å². The molecule has 2 fully saturated rings. The fourth-order valence-corrected chi connectivity index (χ4v) is 3.35. The van der Waals surface area contributed by atoms with Crippen molar-refractivity contribution in [3.05, 3.63) is 41.5 Å². The van der Waals surface area contributed by atoms with Gasteiger partial charge in [0.05, 0.1) is 6.04 Å². The van der Waals surface area contributed by atoms with Crippen LogP contribution in [-0.2, 0) is 4.79 Å². The van der Waals surface area contributed by atoms with Gasteiger partial charge in [-0.15, -0.1) is 12.4 Å². The predicted molar refractivity (Wildman–Crippen MR) is 97.8 cm³/mol. The summed E-state index contributed by atoms with van der Waals surface area (Å²) < 4.78 is 0. The highest BCUT2D eigenvalue weighted by molar-refractivity contribution is 5.85. The number of carbonyl (C=O) groups is 1. The number of nitrogens with zero attached hydrogens (tertiary/aromatic N) is 1.